The zero-order valence-electron chi connectivity index (χ0n) is 11.7. The molecule has 1 aliphatic rings. The topological polar surface area (TPSA) is 74.1 Å². The van der Waals surface area contributed by atoms with Gasteiger partial charge in [0.15, 0.2) is 5.76 Å². The molecule has 0 amide bonds. The third kappa shape index (κ3) is 2.78. The number of nitrogens with zero attached hydrogens (tertiary/aromatic N) is 1. The van der Waals surface area contributed by atoms with E-state index in [-0.39, 0.29) is 6.10 Å². The molecule has 0 aliphatic heterocycles. The van der Waals surface area contributed by atoms with Crippen LogP contribution < -0.4 is 5.32 Å². The lowest BCUT2D eigenvalue weighted by Gasteiger charge is -2.14. The minimum Gasteiger partial charge on any atom is -0.460 e. The standard InChI is InChI=1S/C15H21N3O2/c1-10-5-6-14(20-10)15-12(9-17-18-15)8-16-7-11-3-2-4-13(11)19/h5-6,9,11,13,16,19H,2-4,7-8H2,1H3,(H,17,18). The molecule has 0 radical (unpaired) electrons. The summed E-state index contributed by atoms with van der Waals surface area (Å²) < 4.78 is 5.63. The molecule has 0 aromatic carbocycles. The molecule has 2 atom stereocenters. The zero-order valence-corrected chi connectivity index (χ0v) is 11.7. The number of hydrogen-bond acceptors (Lipinski definition) is 4. The molecule has 0 bridgehead atoms. The average Bonchev–Trinajstić information content (AvgIpc) is 3.12. The van der Waals surface area contributed by atoms with Crippen molar-refractivity contribution < 1.29 is 9.52 Å². The van der Waals surface area contributed by atoms with E-state index in [1.807, 2.05) is 25.3 Å². The summed E-state index contributed by atoms with van der Waals surface area (Å²) in [5.74, 6) is 2.09. The van der Waals surface area contributed by atoms with E-state index in [4.69, 9.17) is 4.42 Å². The van der Waals surface area contributed by atoms with Gasteiger partial charge in [0.1, 0.15) is 11.5 Å². The molecule has 1 aliphatic carbocycles. The Kier molecular flexibility index (Phi) is 3.89. The molecule has 5 nitrogen and oxygen atoms in total. The summed E-state index contributed by atoms with van der Waals surface area (Å²) in [5, 5.41) is 20.3. The third-order valence-corrected chi connectivity index (χ3v) is 4.05. The smallest absolute Gasteiger partial charge is 0.152 e. The maximum atomic E-state index is 9.81. The van der Waals surface area contributed by atoms with Gasteiger partial charge in [-0.05, 0) is 37.8 Å². The normalized spacial score (nSPS) is 22.5. The summed E-state index contributed by atoms with van der Waals surface area (Å²) in [5.41, 5.74) is 2.02. The van der Waals surface area contributed by atoms with Crippen LogP contribution in [-0.2, 0) is 6.54 Å². The van der Waals surface area contributed by atoms with Crippen molar-refractivity contribution in [3.8, 4) is 11.5 Å². The van der Waals surface area contributed by atoms with Crippen LogP contribution in [0.4, 0.5) is 0 Å². The van der Waals surface area contributed by atoms with Crippen molar-refractivity contribution in [2.45, 2.75) is 38.8 Å². The Bertz CT molecular complexity index is 561. The van der Waals surface area contributed by atoms with E-state index in [0.717, 1.165) is 55.1 Å². The lowest BCUT2D eigenvalue weighted by molar-refractivity contribution is 0.131. The molecule has 1 fully saturated rings. The van der Waals surface area contributed by atoms with Gasteiger partial charge in [-0.3, -0.25) is 5.10 Å². The summed E-state index contributed by atoms with van der Waals surface area (Å²) in [6, 6.07) is 3.90. The molecular formula is C15H21N3O2. The van der Waals surface area contributed by atoms with Crippen molar-refractivity contribution in [2.24, 2.45) is 5.92 Å². The fraction of sp³-hybridized carbons (Fsp3) is 0.533. The molecule has 5 heteroatoms. The molecule has 1 saturated carbocycles. The first kappa shape index (κ1) is 13.4. The number of aryl methyl sites for hydroxylation is 1. The van der Waals surface area contributed by atoms with Gasteiger partial charge < -0.3 is 14.8 Å². The Morgan fingerprint density at radius 3 is 3.05 bits per heavy atom. The van der Waals surface area contributed by atoms with Gasteiger partial charge in [0.25, 0.3) is 0 Å². The number of aliphatic hydroxyl groups excluding tert-OH is 1. The third-order valence-electron chi connectivity index (χ3n) is 4.05. The van der Waals surface area contributed by atoms with Gasteiger partial charge in [-0.1, -0.05) is 6.42 Å². The highest BCUT2D eigenvalue weighted by atomic mass is 16.3. The zero-order chi connectivity index (χ0) is 13.9. The molecule has 20 heavy (non-hydrogen) atoms. The largest absolute Gasteiger partial charge is 0.460 e. The second-order valence-corrected chi connectivity index (χ2v) is 5.57. The number of hydrogen-bond donors (Lipinski definition) is 3. The highest BCUT2D eigenvalue weighted by Crippen LogP contribution is 2.26. The average molecular weight is 275 g/mol. The van der Waals surface area contributed by atoms with Crippen LogP contribution in [-0.4, -0.2) is 28.0 Å². The van der Waals surface area contributed by atoms with E-state index in [2.05, 4.69) is 15.5 Å². The van der Waals surface area contributed by atoms with Crippen molar-refractivity contribution >= 4 is 0 Å². The first-order chi connectivity index (χ1) is 9.74. The van der Waals surface area contributed by atoms with Crippen molar-refractivity contribution in [1.29, 1.82) is 0 Å². The van der Waals surface area contributed by atoms with E-state index < -0.39 is 0 Å². The Balaban J connectivity index is 1.60. The van der Waals surface area contributed by atoms with Crippen LogP contribution in [0.3, 0.4) is 0 Å². The molecule has 108 valence electrons. The first-order valence-corrected chi connectivity index (χ1v) is 7.22. The Labute approximate surface area is 118 Å². The molecule has 2 heterocycles. The Morgan fingerprint density at radius 2 is 2.35 bits per heavy atom. The summed E-state index contributed by atoms with van der Waals surface area (Å²) in [7, 11) is 0. The lowest BCUT2D eigenvalue weighted by atomic mass is 10.1. The molecule has 0 saturated heterocycles. The van der Waals surface area contributed by atoms with E-state index in [0.29, 0.717) is 5.92 Å². The SMILES string of the molecule is Cc1ccc(-c2[nH]ncc2CNCC2CCCC2O)o1. The maximum absolute atomic E-state index is 9.81. The number of rotatable bonds is 5. The number of nitrogens with one attached hydrogen (secondary N) is 2. The molecular weight excluding hydrogens is 254 g/mol. The van der Waals surface area contributed by atoms with Crippen molar-refractivity contribution in [3.05, 3.63) is 29.7 Å². The van der Waals surface area contributed by atoms with Gasteiger partial charge in [-0.15, -0.1) is 0 Å². The minimum absolute atomic E-state index is 0.140. The minimum atomic E-state index is -0.140. The van der Waals surface area contributed by atoms with Crippen LogP contribution in [0.5, 0.6) is 0 Å². The summed E-state index contributed by atoms with van der Waals surface area (Å²) in [6.45, 7) is 3.51. The van der Waals surface area contributed by atoms with Crippen LogP contribution in [0, 0.1) is 12.8 Å². The Morgan fingerprint density at radius 1 is 1.45 bits per heavy atom. The molecule has 3 rings (SSSR count). The second kappa shape index (κ2) is 5.81. The second-order valence-electron chi connectivity index (χ2n) is 5.57. The number of furan rings is 1. The molecule has 0 spiro atoms. The number of H-pyrrole nitrogens is 1. The quantitative estimate of drug-likeness (QED) is 0.782. The van der Waals surface area contributed by atoms with Crippen LogP contribution >= 0.6 is 0 Å². The number of aromatic nitrogens is 2. The molecule has 3 N–H and O–H groups in total. The predicted octanol–water partition coefficient (Wildman–Crippen LogP) is 2.23. The van der Waals surface area contributed by atoms with Crippen molar-refractivity contribution in [1.82, 2.24) is 15.5 Å². The van der Waals surface area contributed by atoms with Crippen molar-refractivity contribution in [2.75, 3.05) is 6.54 Å². The fourth-order valence-electron chi connectivity index (χ4n) is 2.87. The van der Waals surface area contributed by atoms with Crippen LogP contribution in [0.2, 0.25) is 0 Å². The van der Waals surface area contributed by atoms with Gasteiger partial charge in [-0.25, -0.2) is 0 Å². The van der Waals surface area contributed by atoms with Gasteiger partial charge >= 0.3 is 0 Å². The predicted molar refractivity (Wildman–Crippen MR) is 76.1 cm³/mol. The summed E-state index contributed by atoms with van der Waals surface area (Å²) in [6.07, 6.45) is 4.87. The van der Waals surface area contributed by atoms with Gasteiger partial charge in [-0.2, -0.15) is 5.10 Å². The van der Waals surface area contributed by atoms with E-state index in [1.165, 1.54) is 0 Å². The van der Waals surface area contributed by atoms with Crippen LogP contribution in [0.1, 0.15) is 30.6 Å². The van der Waals surface area contributed by atoms with E-state index in [1.54, 1.807) is 0 Å². The molecule has 2 aromatic rings. The highest BCUT2D eigenvalue weighted by Gasteiger charge is 2.24. The molecule has 2 aromatic heterocycles. The van der Waals surface area contributed by atoms with Gasteiger partial charge in [0.2, 0.25) is 0 Å². The Hall–Kier alpha value is -1.59. The molecule has 2 unspecified atom stereocenters. The van der Waals surface area contributed by atoms with E-state index >= 15 is 0 Å². The fourth-order valence-corrected chi connectivity index (χ4v) is 2.87. The van der Waals surface area contributed by atoms with Crippen molar-refractivity contribution in [3.63, 3.8) is 0 Å². The first-order valence-electron chi connectivity index (χ1n) is 7.22. The van der Waals surface area contributed by atoms with Crippen LogP contribution in [0.25, 0.3) is 11.5 Å². The van der Waals surface area contributed by atoms with E-state index in [9.17, 15) is 5.11 Å². The number of aliphatic hydroxyl groups is 1. The number of aromatic amines is 1. The highest BCUT2D eigenvalue weighted by molar-refractivity contribution is 5.56. The summed E-state index contributed by atoms with van der Waals surface area (Å²) in [4.78, 5) is 0. The van der Waals surface area contributed by atoms with Crippen LogP contribution in [0.15, 0.2) is 22.7 Å². The van der Waals surface area contributed by atoms with Gasteiger partial charge in [0.05, 0.1) is 12.3 Å². The lowest BCUT2D eigenvalue weighted by Crippen LogP contribution is -2.27. The van der Waals surface area contributed by atoms with Gasteiger partial charge in [0, 0.05) is 18.7 Å². The monoisotopic (exact) mass is 275 g/mol. The maximum Gasteiger partial charge on any atom is 0.152 e. The summed E-state index contributed by atoms with van der Waals surface area (Å²) >= 11 is 0.